The lowest BCUT2D eigenvalue weighted by Gasteiger charge is -2.11. The lowest BCUT2D eigenvalue weighted by Crippen LogP contribution is -2.30. The van der Waals surface area contributed by atoms with Gasteiger partial charge in [-0.05, 0) is 13.3 Å². The molecule has 0 bridgehead atoms. The van der Waals surface area contributed by atoms with E-state index in [2.05, 4.69) is 9.47 Å². The van der Waals surface area contributed by atoms with Crippen LogP contribution in [0.5, 0.6) is 0 Å². The van der Waals surface area contributed by atoms with Gasteiger partial charge in [-0.2, -0.15) is 0 Å². The number of rotatable bonds is 5. The predicted octanol–water partition coefficient (Wildman–Crippen LogP) is 0.434. The van der Waals surface area contributed by atoms with Gasteiger partial charge < -0.3 is 14.2 Å². The van der Waals surface area contributed by atoms with E-state index in [0.29, 0.717) is 0 Å². The quantitative estimate of drug-likeness (QED) is 0.296. The second-order valence-electron chi connectivity index (χ2n) is 3.06. The van der Waals surface area contributed by atoms with Gasteiger partial charge in [-0.25, -0.2) is 14.4 Å². The van der Waals surface area contributed by atoms with Crippen molar-refractivity contribution in [2.75, 3.05) is 13.7 Å². The van der Waals surface area contributed by atoms with Crippen molar-refractivity contribution in [3.63, 3.8) is 0 Å². The maximum atomic E-state index is 11.2. The van der Waals surface area contributed by atoms with Crippen molar-refractivity contribution in [2.45, 2.75) is 32.8 Å². The van der Waals surface area contributed by atoms with E-state index in [1.54, 1.807) is 0 Å². The first kappa shape index (κ1) is 14.4. The smallest absolute Gasteiger partial charge is 0.418 e. The highest BCUT2D eigenvalue weighted by Gasteiger charge is 2.24. The van der Waals surface area contributed by atoms with Crippen LogP contribution in [-0.2, 0) is 28.6 Å². The fourth-order valence-electron chi connectivity index (χ4n) is 0.775. The minimum Gasteiger partial charge on any atom is -0.463 e. The van der Waals surface area contributed by atoms with Gasteiger partial charge in [0.25, 0.3) is 0 Å². The Morgan fingerprint density at radius 3 is 2.31 bits per heavy atom. The lowest BCUT2D eigenvalue weighted by molar-refractivity contribution is -0.175. The topological polar surface area (TPSA) is 78.9 Å². The Balaban J connectivity index is 3.95. The third kappa shape index (κ3) is 5.33. The average molecular weight is 232 g/mol. The van der Waals surface area contributed by atoms with Crippen LogP contribution in [0.2, 0.25) is 0 Å². The largest absolute Gasteiger partial charge is 0.463 e. The highest BCUT2D eigenvalue weighted by molar-refractivity contribution is 6.29. The van der Waals surface area contributed by atoms with E-state index in [1.807, 2.05) is 6.92 Å². The van der Waals surface area contributed by atoms with E-state index < -0.39 is 24.0 Å². The van der Waals surface area contributed by atoms with Crippen LogP contribution in [0.3, 0.4) is 0 Å². The van der Waals surface area contributed by atoms with Gasteiger partial charge in [0.15, 0.2) is 6.10 Å². The fourth-order valence-corrected chi connectivity index (χ4v) is 0.775. The minimum atomic E-state index is -1.21. The van der Waals surface area contributed by atoms with Gasteiger partial charge >= 0.3 is 17.9 Å². The molecule has 0 rings (SSSR count). The molecule has 0 aromatic carbocycles. The number of ether oxygens (including phenoxy) is 3. The zero-order valence-electron chi connectivity index (χ0n) is 9.65. The summed E-state index contributed by atoms with van der Waals surface area (Å²) in [7, 11) is 1.05. The number of unbranched alkanes of at least 4 members (excludes halogenated alkanes) is 1. The predicted molar refractivity (Wildman–Crippen MR) is 53.4 cm³/mol. The second-order valence-corrected chi connectivity index (χ2v) is 3.06. The maximum Gasteiger partial charge on any atom is 0.418 e. The number of hydrogen-bond donors (Lipinski definition) is 0. The highest BCUT2D eigenvalue weighted by Crippen LogP contribution is 1.98. The van der Waals surface area contributed by atoms with E-state index in [9.17, 15) is 14.4 Å². The molecule has 16 heavy (non-hydrogen) atoms. The van der Waals surface area contributed by atoms with Gasteiger partial charge in [0, 0.05) is 0 Å². The van der Waals surface area contributed by atoms with Crippen LogP contribution in [-0.4, -0.2) is 37.7 Å². The third-order valence-corrected chi connectivity index (χ3v) is 1.71. The molecule has 0 spiro atoms. The molecule has 0 aromatic rings. The first-order chi connectivity index (χ1) is 7.52. The number of carbonyl (C=O) groups is 3. The van der Waals surface area contributed by atoms with Crippen molar-refractivity contribution < 1.29 is 28.6 Å². The molecule has 0 N–H and O–H groups in total. The van der Waals surface area contributed by atoms with Crippen LogP contribution in [0.4, 0.5) is 0 Å². The summed E-state index contributed by atoms with van der Waals surface area (Å²) < 4.78 is 13.4. The molecule has 0 fully saturated rings. The Bertz CT molecular complexity index is 260. The van der Waals surface area contributed by atoms with Crippen LogP contribution in [0.25, 0.3) is 0 Å². The summed E-state index contributed by atoms with van der Waals surface area (Å²) in [5, 5.41) is 0. The number of carbonyl (C=O) groups excluding carboxylic acids is 3. The Morgan fingerprint density at radius 1 is 1.19 bits per heavy atom. The van der Waals surface area contributed by atoms with Crippen molar-refractivity contribution in [1.82, 2.24) is 0 Å². The summed E-state index contributed by atoms with van der Waals surface area (Å²) in [5.74, 6) is -3.03. The van der Waals surface area contributed by atoms with Crippen molar-refractivity contribution in [1.29, 1.82) is 0 Å². The number of hydrogen-bond acceptors (Lipinski definition) is 6. The molecule has 6 nitrogen and oxygen atoms in total. The fraction of sp³-hybridized carbons (Fsp3) is 0.700. The summed E-state index contributed by atoms with van der Waals surface area (Å²) in [4.78, 5) is 32.8. The zero-order valence-corrected chi connectivity index (χ0v) is 9.65. The van der Waals surface area contributed by atoms with Gasteiger partial charge in [-0.1, -0.05) is 13.3 Å². The van der Waals surface area contributed by atoms with E-state index >= 15 is 0 Å². The average Bonchev–Trinajstić information content (AvgIpc) is 2.27. The standard InChI is InChI=1S/C10H16O6/c1-4-5-6-15-8(11)7(2)16-10(13)9(12)14-3/h7H,4-6H2,1-3H3. The normalized spacial score (nSPS) is 11.4. The lowest BCUT2D eigenvalue weighted by atomic mass is 10.3. The molecule has 0 radical (unpaired) electrons. The van der Waals surface area contributed by atoms with Crippen LogP contribution < -0.4 is 0 Å². The summed E-state index contributed by atoms with van der Waals surface area (Å²) >= 11 is 0. The van der Waals surface area contributed by atoms with Crippen molar-refractivity contribution >= 4 is 17.9 Å². The molecule has 0 aliphatic carbocycles. The van der Waals surface area contributed by atoms with Crippen LogP contribution in [0, 0.1) is 0 Å². The van der Waals surface area contributed by atoms with E-state index in [4.69, 9.17) is 4.74 Å². The van der Waals surface area contributed by atoms with Gasteiger partial charge in [-0.15, -0.1) is 0 Å². The van der Waals surface area contributed by atoms with Crippen molar-refractivity contribution in [3.8, 4) is 0 Å². The van der Waals surface area contributed by atoms with Gasteiger partial charge in [-0.3, -0.25) is 0 Å². The van der Waals surface area contributed by atoms with Crippen LogP contribution in [0.15, 0.2) is 0 Å². The van der Waals surface area contributed by atoms with Crippen LogP contribution in [0.1, 0.15) is 26.7 Å². The Morgan fingerprint density at radius 2 is 1.81 bits per heavy atom. The molecule has 0 saturated carbocycles. The SMILES string of the molecule is CCCCOC(=O)C(C)OC(=O)C(=O)OC. The van der Waals surface area contributed by atoms with Gasteiger partial charge in [0.05, 0.1) is 13.7 Å². The molecule has 0 amide bonds. The van der Waals surface area contributed by atoms with E-state index in [0.717, 1.165) is 20.0 Å². The third-order valence-electron chi connectivity index (χ3n) is 1.71. The number of esters is 3. The monoisotopic (exact) mass is 232 g/mol. The molecule has 0 aliphatic heterocycles. The Labute approximate surface area is 93.8 Å². The summed E-state index contributed by atoms with van der Waals surface area (Å²) in [6.45, 7) is 3.55. The Hall–Kier alpha value is -1.59. The molecule has 0 aromatic heterocycles. The summed E-state index contributed by atoms with van der Waals surface area (Å²) in [6.07, 6.45) is 0.524. The molecule has 92 valence electrons. The number of methoxy groups -OCH3 is 1. The van der Waals surface area contributed by atoms with E-state index in [-0.39, 0.29) is 6.61 Å². The highest BCUT2D eigenvalue weighted by atomic mass is 16.6. The molecule has 0 heterocycles. The zero-order chi connectivity index (χ0) is 12.6. The van der Waals surface area contributed by atoms with Crippen molar-refractivity contribution in [3.05, 3.63) is 0 Å². The molecular formula is C10H16O6. The molecule has 6 heteroatoms. The molecular weight excluding hydrogens is 216 g/mol. The van der Waals surface area contributed by atoms with Crippen molar-refractivity contribution in [2.24, 2.45) is 0 Å². The summed E-state index contributed by atoms with van der Waals surface area (Å²) in [5.41, 5.74) is 0. The van der Waals surface area contributed by atoms with Crippen LogP contribution >= 0.6 is 0 Å². The van der Waals surface area contributed by atoms with Gasteiger partial charge in [0.2, 0.25) is 0 Å². The second kappa shape index (κ2) is 7.67. The molecule has 1 unspecified atom stereocenters. The molecule has 0 aliphatic rings. The Kier molecular flexibility index (Phi) is 6.91. The summed E-state index contributed by atoms with van der Waals surface area (Å²) in [6, 6.07) is 0. The molecule has 1 atom stereocenters. The first-order valence-corrected chi connectivity index (χ1v) is 4.98. The first-order valence-electron chi connectivity index (χ1n) is 4.98. The molecule has 0 saturated heterocycles. The van der Waals surface area contributed by atoms with Gasteiger partial charge in [0.1, 0.15) is 0 Å². The minimum absolute atomic E-state index is 0.273. The van der Waals surface area contributed by atoms with E-state index in [1.165, 1.54) is 6.92 Å². The maximum absolute atomic E-state index is 11.2.